The maximum Gasteiger partial charge on any atom is 0.325 e. The first-order valence-electron chi connectivity index (χ1n) is 8.67. The highest BCUT2D eigenvalue weighted by molar-refractivity contribution is 6.07. The molecule has 1 aliphatic rings. The lowest BCUT2D eigenvalue weighted by atomic mass is 9.91. The van der Waals surface area contributed by atoms with Gasteiger partial charge < -0.3 is 5.32 Å². The van der Waals surface area contributed by atoms with E-state index < -0.39 is 5.54 Å². The molecule has 0 bridgehead atoms. The summed E-state index contributed by atoms with van der Waals surface area (Å²) >= 11 is 0. The van der Waals surface area contributed by atoms with E-state index >= 15 is 0 Å². The Balaban J connectivity index is 1.68. The average molecular weight is 344 g/mol. The van der Waals surface area contributed by atoms with Crippen molar-refractivity contribution < 1.29 is 9.59 Å². The normalized spacial score (nSPS) is 19.8. The fourth-order valence-electron chi connectivity index (χ4n) is 3.52. The van der Waals surface area contributed by atoms with Gasteiger partial charge in [0.25, 0.3) is 5.91 Å². The molecule has 0 radical (unpaired) electrons. The Morgan fingerprint density at radius 1 is 0.923 bits per heavy atom. The topological polar surface area (TPSA) is 49.4 Å². The summed E-state index contributed by atoms with van der Waals surface area (Å²) < 4.78 is 0. The molecule has 0 spiro atoms. The summed E-state index contributed by atoms with van der Waals surface area (Å²) in [7, 11) is 0. The van der Waals surface area contributed by atoms with Gasteiger partial charge in [0.05, 0.1) is 6.54 Å². The van der Waals surface area contributed by atoms with Crippen LogP contribution in [0.4, 0.5) is 4.79 Å². The average Bonchev–Trinajstić information content (AvgIpc) is 2.86. The van der Waals surface area contributed by atoms with Crippen molar-refractivity contribution in [3.05, 3.63) is 83.4 Å². The summed E-state index contributed by atoms with van der Waals surface area (Å²) in [5, 5.41) is 5.02. The number of hydrogen-bond donors (Lipinski definition) is 1. The van der Waals surface area contributed by atoms with E-state index in [0.717, 1.165) is 27.5 Å². The van der Waals surface area contributed by atoms with Crippen molar-refractivity contribution in [3.63, 3.8) is 0 Å². The maximum absolute atomic E-state index is 13.1. The maximum atomic E-state index is 13.1. The first-order chi connectivity index (χ1) is 12.5. The van der Waals surface area contributed by atoms with E-state index in [1.165, 1.54) is 4.90 Å². The molecule has 0 saturated carbocycles. The quantitative estimate of drug-likeness (QED) is 0.727. The Kier molecular flexibility index (Phi) is 3.76. The van der Waals surface area contributed by atoms with Crippen LogP contribution < -0.4 is 5.32 Å². The van der Waals surface area contributed by atoms with Crippen molar-refractivity contribution in [2.75, 3.05) is 0 Å². The third kappa shape index (κ3) is 2.54. The first-order valence-corrected chi connectivity index (χ1v) is 8.67. The molecule has 1 fully saturated rings. The molecular weight excluding hydrogens is 324 g/mol. The second kappa shape index (κ2) is 5.99. The summed E-state index contributed by atoms with van der Waals surface area (Å²) in [6.45, 7) is 4.02. The molecule has 4 nitrogen and oxygen atoms in total. The van der Waals surface area contributed by atoms with Crippen molar-refractivity contribution >= 4 is 22.7 Å². The predicted molar refractivity (Wildman–Crippen MR) is 102 cm³/mol. The van der Waals surface area contributed by atoms with Crippen LogP contribution in [-0.2, 0) is 16.9 Å². The van der Waals surface area contributed by atoms with E-state index in [-0.39, 0.29) is 18.5 Å². The third-order valence-electron chi connectivity index (χ3n) is 5.11. The van der Waals surface area contributed by atoms with Crippen LogP contribution >= 0.6 is 0 Å². The number of fused-ring (bicyclic) bond motifs is 1. The van der Waals surface area contributed by atoms with Crippen LogP contribution in [0.25, 0.3) is 10.8 Å². The minimum atomic E-state index is -1.03. The fraction of sp³-hybridized carbons (Fsp3) is 0.182. The Morgan fingerprint density at radius 3 is 2.38 bits per heavy atom. The van der Waals surface area contributed by atoms with Crippen molar-refractivity contribution in [1.82, 2.24) is 10.2 Å². The zero-order valence-corrected chi connectivity index (χ0v) is 14.8. The van der Waals surface area contributed by atoms with Gasteiger partial charge in [-0.1, -0.05) is 72.3 Å². The van der Waals surface area contributed by atoms with Crippen LogP contribution in [-0.4, -0.2) is 16.8 Å². The molecule has 0 aromatic heterocycles. The van der Waals surface area contributed by atoms with Gasteiger partial charge in [-0.05, 0) is 35.7 Å². The number of imide groups is 1. The van der Waals surface area contributed by atoms with Gasteiger partial charge in [0.1, 0.15) is 5.54 Å². The van der Waals surface area contributed by atoms with Crippen LogP contribution in [0, 0.1) is 6.92 Å². The molecular formula is C22H20N2O2. The molecule has 0 aliphatic carbocycles. The summed E-state index contributed by atoms with van der Waals surface area (Å²) in [6, 6.07) is 21.3. The van der Waals surface area contributed by atoms with Crippen LogP contribution in [0.1, 0.15) is 23.6 Å². The number of carbonyl (C=O) groups excluding carboxylic acids is 2. The number of hydrogen-bond acceptors (Lipinski definition) is 2. The number of rotatable bonds is 3. The Hall–Kier alpha value is -3.14. The van der Waals surface area contributed by atoms with E-state index in [1.54, 1.807) is 6.92 Å². The molecule has 3 aromatic carbocycles. The summed E-state index contributed by atoms with van der Waals surface area (Å²) in [5.74, 6) is -0.223. The number of aryl methyl sites for hydroxylation is 1. The smallest absolute Gasteiger partial charge is 0.319 e. The third-order valence-corrected chi connectivity index (χ3v) is 5.11. The molecule has 3 amide bonds. The molecule has 4 heteroatoms. The number of nitrogens with one attached hydrogen (secondary N) is 1. The lowest BCUT2D eigenvalue weighted by Gasteiger charge is -2.22. The van der Waals surface area contributed by atoms with Crippen LogP contribution in [0.15, 0.2) is 66.7 Å². The molecule has 1 N–H and O–H groups in total. The molecule has 130 valence electrons. The number of urea groups is 1. The van der Waals surface area contributed by atoms with Gasteiger partial charge in [0.15, 0.2) is 0 Å². The largest absolute Gasteiger partial charge is 0.325 e. The van der Waals surface area contributed by atoms with Crippen molar-refractivity contribution in [2.24, 2.45) is 0 Å². The minimum absolute atomic E-state index is 0.223. The highest BCUT2D eigenvalue weighted by Crippen LogP contribution is 2.31. The van der Waals surface area contributed by atoms with Gasteiger partial charge in [0, 0.05) is 0 Å². The van der Waals surface area contributed by atoms with Crippen LogP contribution in [0.5, 0.6) is 0 Å². The standard InChI is InChI=1S/C22H20N2O2/c1-15-10-12-18(13-11-15)22(2)20(25)24(21(26)23-22)14-17-8-5-7-16-6-3-4-9-19(16)17/h3-13H,14H2,1-2H3,(H,23,26). The van der Waals surface area contributed by atoms with E-state index in [2.05, 4.69) is 5.32 Å². The Bertz CT molecular complexity index is 1000. The predicted octanol–water partition coefficient (Wildman–Crippen LogP) is 4.12. The molecule has 1 atom stereocenters. The highest BCUT2D eigenvalue weighted by Gasteiger charge is 2.48. The van der Waals surface area contributed by atoms with E-state index in [1.807, 2.05) is 73.7 Å². The van der Waals surface area contributed by atoms with Crippen LogP contribution in [0.2, 0.25) is 0 Å². The lowest BCUT2D eigenvalue weighted by Crippen LogP contribution is -2.40. The highest BCUT2D eigenvalue weighted by atomic mass is 16.2. The zero-order chi connectivity index (χ0) is 18.3. The number of nitrogens with zero attached hydrogens (tertiary/aromatic N) is 1. The number of amides is 3. The van der Waals surface area contributed by atoms with Crippen molar-refractivity contribution in [2.45, 2.75) is 25.9 Å². The van der Waals surface area contributed by atoms with Gasteiger partial charge in [0.2, 0.25) is 0 Å². The van der Waals surface area contributed by atoms with Crippen molar-refractivity contribution in [3.8, 4) is 0 Å². The summed E-state index contributed by atoms with van der Waals surface area (Å²) in [6.07, 6.45) is 0. The molecule has 1 unspecified atom stereocenters. The molecule has 26 heavy (non-hydrogen) atoms. The second-order valence-electron chi connectivity index (χ2n) is 6.95. The van der Waals surface area contributed by atoms with Crippen molar-refractivity contribution in [1.29, 1.82) is 0 Å². The molecule has 1 heterocycles. The van der Waals surface area contributed by atoms with Gasteiger partial charge in [-0.3, -0.25) is 9.69 Å². The van der Waals surface area contributed by atoms with E-state index in [0.29, 0.717) is 0 Å². The van der Waals surface area contributed by atoms with Gasteiger partial charge in [-0.15, -0.1) is 0 Å². The molecule has 1 aliphatic heterocycles. The molecule has 3 aromatic rings. The zero-order valence-electron chi connectivity index (χ0n) is 14.8. The second-order valence-corrected chi connectivity index (χ2v) is 6.95. The van der Waals surface area contributed by atoms with Crippen LogP contribution in [0.3, 0.4) is 0 Å². The van der Waals surface area contributed by atoms with Gasteiger partial charge in [-0.2, -0.15) is 0 Å². The molecule has 1 saturated heterocycles. The fourth-order valence-corrected chi connectivity index (χ4v) is 3.52. The van der Waals surface area contributed by atoms with Gasteiger partial charge in [-0.25, -0.2) is 4.79 Å². The SMILES string of the molecule is Cc1ccc(C2(C)NC(=O)N(Cc3cccc4ccccc34)C2=O)cc1. The summed E-state index contributed by atoms with van der Waals surface area (Å²) in [5.41, 5.74) is 1.83. The van der Waals surface area contributed by atoms with Gasteiger partial charge >= 0.3 is 6.03 Å². The first kappa shape index (κ1) is 16.3. The number of benzene rings is 3. The Labute approximate surface area is 152 Å². The minimum Gasteiger partial charge on any atom is -0.319 e. The molecule has 4 rings (SSSR count). The lowest BCUT2D eigenvalue weighted by molar-refractivity contribution is -0.131. The number of carbonyl (C=O) groups is 2. The van der Waals surface area contributed by atoms with E-state index in [9.17, 15) is 9.59 Å². The Morgan fingerprint density at radius 2 is 1.62 bits per heavy atom. The summed E-state index contributed by atoms with van der Waals surface area (Å²) in [4.78, 5) is 27.0. The monoisotopic (exact) mass is 344 g/mol. The van der Waals surface area contributed by atoms with E-state index in [4.69, 9.17) is 0 Å².